The molecule has 3 nitrogen and oxygen atoms in total. The van der Waals surface area contributed by atoms with Crippen LogP contribution in [-0.4, -0.2) is 4.98 Å². The van der Waals surface area contributed by atoms with Crippen LogP contribution in [0.25, 0.3) is 0 Å². The molecule has 3 N–H and O–H groups in total. The predicted molar refractivity (Wildman–Crippen MR) is 81.2 cm³/mol. The molecule has 0 amide bonds. The Morgan fingerprint density at radius 3 is 2.53 bits per heavy atom. The lowest BCUT2D eigenvalue weighted by Gasteiger charge is -2.17. The van der Waals surface area contributed by atoms with Crippen molar-refractivity contribution in [1.82, 2.24) is 4.98 Å². The monoisotopic (exact) mass is 255 g/mol. The number of rotatable bonds is 4. The highest BCUT2D eigenvalue weighted by Gasteiger charge is 2.08. The lowest BCUT2D eigenvalue weighted by atomic mass is 10.0. The zero-order valence-corrected chi connectivity index (χ0v) is 11.8. The molecular formula is C16H21N3. The summed E-state index contributed by atoms with van der Waals surface area (Å²) in [6.45, 7) is 6.26. The first-order valence-electron chi connectivity index (χ1n) is 6.67. The number of benzene rings is 1. The molecule has 0 saturated heterocycles. The maximum absolute atomic E-state index is 5.97. The molecule has 0 aliphatic carbocycles. The van der Waals surface area contributed by atoms with E-state index in [1.807, 2.05) is 19.2 Å². The van der Waals surface area contributed by atoms with Crippen LogP contribution >= 0.6 is 0 Å². The molecule has 3 heteroatoms. The van der Waals surface area contributed by atoms with Gasteiger partial charge in [-0.25, -0.2) is 4.98 Å². The van der Waals surface area contributed by atoms with E-state index in [1.54, 1.807) is 0 Å². The fourth-order valence-corrected chi connectivity index (χ4v) is 2.04. The molecule has 1 heterocycles. The Bertz CT molecular complexity index is 546. The van der Waals surface area contributed by atoms with E-state index in [4.69, 9.17) is 5.73 Å². The molecule has 0 spiro atoms. The summed E-state index contributed by atoms with van der Waals surface area (Å²) < 4.78 is 0. The number of anilines is 2. The molecule has 0 bridgehead atoms. The zero-order valence-electron chi connectivity index (χ0n) is 11.8. The summed E-state index contributed by atoms with van der Waals surface area (Å²) in [5.74, 6) is 0.748. The average molecular weight is 255 g/mol. The van der Waals surface area contributed by atoms with Crippen molar-refractivity contribution in [2.24, 2.45) is 0 Å². The third kappa shape index (κ3) is 3.25. The molecule has 0 radical (unpaired) electrons. The van der Waals surface area contributed by atoms with Crippen molar-refractivity contribution in [3.63, 3.8) is 0 Å². The van der Waals surface area contributed by atoms with Gasteiger partial charge in [-0.1, -0.05) is 31.2 Å². The van der Waals surface area contributed by atoms with Crippen LogP contribution in [0.15, 0.2) is 36.5 Å². The van der Waals surface area contributed by atoms with Gasteiger partial charge in [0, 0.05) is 6.20 Å². The summed E-state index contributed by atoms with van der Waals surface area (Å²) in [7, 11) is 0. The van der Waals surface area contributed by atoms with E-state index in [2.05, 4.69) is 48.4 Å². The number of nitrogens with two attached hydrogens (primary N) is 1. The van der Waals surface area contributed by atoms with Crippen LogP contribution in [0.1, 0.15) is 36.6 Å². The van der Waals surface area contributed by atoms with Gasteiger partial charge in [-0.2, -0.15) is 0 Å². The summed E-state index contributed by atoms with van der Waals surface area (Å²) in [5.41, 5.74) is 10.3. The number of hydrogen-bond donors (Lipinski definition) is 2. The number of nitrogen functional groups attached to an aromatic ring is 1. The van der Waals surface area contributed by atoms with Gasteiger partial charge in [0.05, 0.1) is 11.7 Å². The highest BCUT2D eigenvalue weighted by Crippen LogP contribution is 2.23. The standard InChI is InChI=1S/C16H21N3/c1-4-13-5-7-14(8-6-13)12(3)19-16-15(17)9-11(2)10-18-16/h5-10,12H,4,17H2,1-3H3,(H,18,19). The van der Waals surface area contributed by atoms with Gasteiger partial charge < -0.3 is 11.1 Å². The normalized spacial score (nSPS) is 12.2. The van der Waals surface area contributed by atoms with Crippen LogP contribution in [0.2, 0.25) is 0 Å². The molecule has 1 aromatic carbocycles. The summed E-state index contributed by atoms with van der Waals surface area (Å²) in [6, 6.07) is 10.8. The Labute approximate surface area is 114 Å². The molecule has 0 aliphatic heterocycles. The second kappa shape index (κ2) is 5.74. The molecule has 1 aromatic heterocycles. The molecule has 100 valence electrons. The van der Waals surface area contributed by atoms with E-state index >= 15 is 0 Å². The minimum atomic E-state index is 0.184. The molecule has 2 rings (SSSR count). The fourth-order valence-electron chi connectivity index (χ4n) is 2.04. The summed E-state index contributed by atoms with van der Waals surface area (Å²) in [4.78, 5) is 4.34. The molecule has 19 heavy (non-hydrogen) atoms. The van der Waals surface area contributed by atoms with Gasteiger partial charge in [0.1, 0.15) is 5.82 Å². The lowest BCUT2D eigenvalue weighted by molar-refractivity contribution is 0.873. The number of nitrogens with zero attached hydrogens (tertiary/aromatic N) is 1. The van der Waals surface area contributed by atoms with Crippen LogP contribution in [0, 0.1) is 6.92 Å². The van der Waals surface area contributed by atoms with Gasteiger partial charge in [0.25, 0.3) is 0 Å². The molecule has 1 unspecified atom stereocenters. The van der Waals surface area contributed by atoms with Crippen LogP contribution in [0.5, 0.6) is 0 Å². The number of nitrogens with one attached hydrogen (secondary N) is 1. The van der Waals surface area contributed by atoms with E-state index in [0.717, 1.165) is 17.8 Å². The zero-order chi connectivity index (χ0) is 13.8. The Morgan fingerprint density at radius 1 is 1.26 bits per heavy atom. The Hall–Kier alpha value is -2.03. The molecular weight excluding hydrogens is 234 g/mol. The largest absolute Gasteiger partial charge is 0.396 e. The lowest BCUT2D eigenvalue weighted by Crippen LogP contribution is -2.10. The number of aryl methyl sites for hydroxylation is 2. The van der Waals surface area contributed by atoms with Gasteiger partial charge in [0.2, 0.25) is 0 Å². The van der Waals surface area contributed by atoms with Gasteiger partial charge in [-0.15, -0.1) is 0 Å². The third-order valence-corrected chi connectivity index (χ3v) is 3.30. The van der Waals surface area contributed by atoms with Crippen molar-refractivity contribution in [2.75, 3.05) is 11.1 Å². The van der Waals surface area contributed by atoms with Crippen molar-refractivity contribution >= 4 is 11.5 Å². The topological polar surface area (TPSA) is 50.9 Å². The highest BCUT2D eigenvalue weighted by molar-refractivity contribution is 5.62. The van der Waals surface area contributed by atoms with Crippen molar-refractivity contribution in [3.05, 3.63) is 53.2 Å². The van der Waals surface area contributed by atoms with Crippen molar-refractivity contribution < 1.29 is 0 Å². The molecule has 0 fully saturated rings. The molecule has 2 aromatic rings. The predicted octanol–water partition coefficient (Wildman–Crippen LogP) is 3.71. The van der Waals surface area contributed by atoms with Crippen LogP contribution in [0.4, 0.5) is 11.5 Å². The van der Waals surface area contributed by atoms with E-state index in [0.29, 0.717) is 5.69 Å². The van der Waals surface area contributed by atoms with E-state index in [9.17, 15) is 0 Å². The smallest absolute Gasteiger partial charge is 0.149 e. The maximum atomic E-state index is 5.97. The summed E-state index contributed by atoms with van der Waals surface area (Å²) >= 11 is 0. The molecule has 1 atom stereocenters. The number of aromatic nitrogens is 1. The van der Waals surface area contributed by atoms with Crippen LogP contribution < -0.4 is 11.1 Å². The molecule has 0 saturated carbocycles. The van der Waals surface area contributed by atoms with Gasteiger partial charge in [0.15, 0.2) is 0 Å². The summed E-state index contributed by atoms with van der Waals surface area (Å²) in [5, 5.41) is 3.36. The van der Waals surface area contributed by atoms with E-state index in [-0.39, 0.29) is 6.04 Å². The summed E-state index contributed by atoms with van der Waals surface area (Å²) in [6.07, 6.45) is 2.89. The van der Waals surface area contributed by atoms with E-state index in [1.165, 1.54) is 11.1 Å². The minimum absolute atomic E-state index is 0.184. The SMILES string of the molecule is CCc1ccc(C(C)Nc2ncc(C)cc2N)cc1. The number of hydrogen-bond acceptors (Lipinski definition) is 3. The van der Waals surface area contributed by atoms with E-state index < -0.39 is 0 Å². The highest BCUT2D eigenvalue weighted by atomic mass is 15.0. The maximum Gasteiger partial charge on any atom is 0.149 e. The third-order valence-electron chi connectivity index (χ3n) is 3.30. The Morgan fingerprint density at radius 2 is 1.95 bits per heavy atom. The Balaban J connectivity index is 2.13. The first-order valence-corrected chi connectivity index (χ1v) is 6.67. The second-order valence-corrected chi connectivity index (χ2v) is 4.91. The quantitative estimate of drug-likeness (QED) is 0.875. The molecule has 0 aliphatic rings. The number of pyridine rings is 1. The minimum Gasteiger partial charge on any atom is -0.396 e. The van der Waals surface area contributed by atoms with Crippen molar-refractivity contribution in [1.29, 1.82) is 0 Å². The fraction of sp³-hybridized carbons (Fsp3) is 0.312. The van der Waals surface area contributed by atoms with Crippen LogP contribution in [0.3, 0.4) is 0 Å². The Kier molecular flexibility index (Phi) is 4.05. The van der Waals surface area contributed by atoms with Gasteiger partial charge >= 0.3 is 0 Å². The van der Waals surface area contributed by atoms with Crippen LogP contribution in [-0.2, 0) is 6.42 Å². The van der Waals surface area contributed by atoms with Crippen molar-refractivity contribution in [3.8, 4) is 0 Å². The first-order chi connectivity index (χ1) is 9.10. The van der Waals surface area contributed by atoms with Gasteiger partial charge in [-0.3, -0.25) is 0 Å². The second-order valence-electron chi connectivity index (χ2n) is 4.91. The van der Waals surface area contributed by atoms with Crippen molar-refractivity contribution in [2.45, 2.75) is 33.2 Å². The van der Waals surface area contributed by atoms with Gasteiger partial charge in [-0.05, 0) is 43.0 Å². The average Bonchev–Trinajstić information content (AvgIpc) is 2.42. The first kappa shape index (κ1) is 13.4.